The maximum atomic E-state index is 10.6. The largest absolute Gasteiger partial charge is 0.388 e. The van der Waals surface area contributed by atoms with Crippen LogP contribution in [0.1, 0.15) is 48.5 Å². The molecule has 2 aromatic carbocycles. The van der Waals surface area contributed by atoms with Crippen molar-refractivity contribution in [1.82, 2.24) is 5.32 Å². The van der Waals surface area contributed by atoms with Gasteiger partial charge in [-0.15, -0.1) is 0 Å². The molecule has 2 unspecified atom stereocenters. The third-order valence-electron chi connectivity index (χ3n) is 5.12. The molecule has 22 heavy (non-hydrogen) atoms. The molecule has 1 fully saturated rings. The fraction of sp³-hybridized carbons (Fsp3) is 0.400. The Balaban J connectivity index is 1.53. The molecule has 0 saturated carbocycles. The van der Waals surface area contributed by atoms with Crippen LogP contribution in [0.25, 0.3) is 11.1 Å². The molecule has 2 nitrogen and oxygen atoms in total. The van der Waals surface area contributed by atoms with Crippen LogP contribution in [0.3, 0.4) is 0 Å². The van der Waals surface area contributed by atoms with Gasteiger partial charge in [-0.2, -0.15) is 0 Å². The molecule has 114 valence electrons. The number of aliphatic hydroxyl groups excluding tert-OH is 1. The number of benzene rings is 2. The number of hydrogen-bond donors (Lipinski definition) is 2. The molecule has 1 aliphatic carbocycles. The van der Waals surface area contributed by atoms with Gasteiger partial charge in [0.15, 0.2) is 0 Å². The van der Waals surface area contributed by atoms with Crippen molar-refractivity contribution in [2.45, 2.75) is 44.2 Å². The minimum atomic E-state index is -0.357. The van der Waals surface area contributed by atoms with Crippen molar-refractivity contribution in [3.8, 4) is 11.1 Å². The summed E-state index contributed by atoms with van der Waals surface area (Å²) in [5.41, 5.74) is 6.51. The van der Waals surface area contributed by atoms with Gasteiger partial charge in [0, 0.05) is 6.04 Å². The van der Waals surface area contributed by atoms with E-state index in [-0.39, 0.29) is 6.10 Å². The highest BCUT2D eigenvalue weighted by Gasteiger charge is 2.21. The molecule has 2 heteroatoms. The van der Waals surface area contributed by atoms with Crippen molar-refractivity contribution >= 4 is 0 Å². The average molecular weight is 293 g/mol. The smallest absolute Gasteiger partial charge is 0.0805 e. The lowest BCUT2D eigenvalue weighted by atomic mass is 9.94. The molecule has 2 atom stereocenters. The van der Waals surface area contributed by atoms with Gasteiger partial charge in [-0.25, -0.2) is 0 Å². The highest BCUT2D eigenvalue weighted by molar-refractivity contribution is 5.76. The zero-order valence-electron chi connectivity index (χ0n) is 12.9. The van der Waals surface area contributed by atoms with Crippen LogP contribution in [0.2, 0.25) is 0 Å². The van der Waals surface area contributed by atoms with Gasteiger partial charge in [0.2, 0.25) is 0 Å². The van der Waals surface area contributed by atoms with E-state index in [9.17, 15) is 5.11 Å². The topological polar surface area (TPSA) is 32.3 Å². The van der Waals surface area contributed by atoms with E-state index in [4.69, 9.17) is 0 Å². The number of aliphatic hydroxyl groups is 1. The van der Waals surface area contributed by atoms with Gasteiger partial charge in [0.25, 0.3) is 0 Å². The second-order valence-electron chi connectivity index (χ2n) is 6.65. The second-order valence-corrected chi connectivity index (χ2v) is 6.65. The minimum Gasteiger partial charge on any atom is -0.388 e. The van der Waals surface area contributed by atoms with Crippen molar-refractivity contribution in [2.24, 2.45) is 0 Å². The molecule has 4 rings (SSSR count). The first kappa shape index (κ1) is 14.0. The third kappa shape index (κ3) is 2.57. The second kappa shape index (κ2) is 5.86. The van der Waals surface area contributed by atoms with E-state index in [0.29, 0.717) is 6.04 Å². The fourth-order valence-electron chi connectivity index (χ4n) is 3.90. The Hall–Kier alpha value is -1.64. The lowest BCUT2D eigenvalue weighted by molar-refractivity contribution is 0.144. The first-order valence-corrected chi connectivity index (χ1v) is 8.44. The van der Waals surface area contributed by atoms with Crippen molar-refractivity contribution < 1.29 is 5.11 Å². The maximum Gasteiger partial charge on any atom is 0.0805 e. The van der Waals surface area contributed by atoms with Crippen molar-refractivity contribution in [3.05, 3.63) is 59.2 Å². The molecular formula is C20H23NO. The Labute approximate surface area is 132 Å². The summed E-state index contributed by atoms with van der Waals surface area (Å²) < 4.78 is 0. The summed E-state index contributed by atoms with van der Waals surface area (Å²) in [6, 6.07) is 15.6. The summed E-state index contributed by atoms with van der Waals surface area (Å²) in [5, 5.41) is 14.1. The van der Waals surface area contributed by atoms with Crippen LogP contribution in [0.15, 0.2) is 42.5 Å². The van der Waals surface area contributed by atoms with E-state index in [1.807, 2.05) is 0 Å². The molecule has 1 aliphatic heterocycles. The maximum absolute atomic E-state index is 10.6. The predicted molar refractivity (Wildman–Crippen MR) is 89.9 cm³/mol. The van der Waals surface area contributed by atoms with E-state index < -0.39 is 0 Å². The monoisotopic (exact) mass is 293 g/mol. The summed E-state index contributed by atoms with van der Waals surface area (Å²) in [4.78, 5) is 0. The van der Waals surface area contributed by atoms with E-state index in [1.165, 1.54) is 41.5 Å². The summed E-state index contributed by atoms with van der Waals surface area (Å²) in [5.74, 6) is 0. The molecule has 1 heterocycles. The van der Waals surface area contributed by atoms with Crippen LogP contribution in [0.4, 0.5) is 0 Å². The Kier molecular flexibility index (Phi) is 3.73. The van der Waals surface area contributed by atoms with Crippen LogP contribution in [-0.4, -0.2) is 17.7 Å². The van der Waals surface area contributed by atoms with Gasteiger partial charge < -0.3 is 10.4 Å². The van der Waals surface area contributed by atoms with Crippen molar-refractivity contribution in [2.75, 3.05) is 6.54 Å². The van der Waals surface area contributed by atoms with Crippen LogP contribution < -0.4 is 5.32 Å². The van der Waals surface area contributed by atoms with E-state index in [0.717, 1.165) is 24.9 Å². The molecule has 1 saturated heterocycles. The van der Waals surface area contributed by atoms with E-state index >= 15 is 0 Å². The molecule has 0 amide bonds. The van der Waals surface area contributed by atoms with Crippen LogP contribution in [0.5, 0.6) is 0 Å². The summed E-state index contributed by atoms with van der Waals surface area (Å²) in [7, 11) is 0. The van der Waals surface area contributed by atoms with Gasteiger partial charge in [-0.05, 0) is 60.0 Å². The average Bonchev–Trinajstić information content (AvgIpc) is 2.93. The number of piperidine rings is 1. The number of rotatable bonds is 3. The van der Waals surface area contributed by atoms with Crippen molar-refractivity contribution in [1.29, 1.82) is 0 Å². The molecule has 0 spiro atoms. The van der Waals surface area contributed by atoms with Gasteiger partial charge >= 0.3 is 0 Å². The number of nitrogens with one attached hydrogen (secondary N) is 1. The molecule has 2 aromatic rings. The fourth-order valence-corrected chi connectivity index (χ4v) is 3.90. The quantitative estimate of drug-likeness (QED) is 0.769. The van der Waals surface area contributed by atoms with Crippen LogP contribution in [-0.2, 0) is 6.42 Å². The van der Waals surface area contributed by atoms with Crippen molar-refractivity contribution in [3.63, 3.8) is 0 Å². The number of fused-ring (bicyclic) bond motifs is 3. The SMILES string of the molecule is OC(CC1CCCCN1)c1ccc2c(c1)Cc1ccccc1-2. The Bertz CT molecular complexity index is 673. The highest BCUT2D eigenvalue weighted by Crippen LogP contribution is 2.38. The standard InChI is InChI=1S/C20H23NO/c22-20(13-17-6-3-4-10-21-17)15-8-9-19-16(12-15)11-14-5-1-2-7-18(14)19/h1-2,5,7-9,12,17,20-22H,3-4,6,10-11,13H2. The number of hydrogen-bond acceptors (Lipinski definition) is 2. The Morgan fingerprint density at radius 2 is 1.91 bits per heavy atom. The normalized spacial score (nSPS) is 21.2. The van der Waals surface area contributed by atoms with E-state index in [2.05, 4.69) is 47.8 Å². The van der Waals surface area contributed by atoms with Gasteiger partial charge in [-0.1, -0.05) is 48.9 Å². The zero-order chi connectivity index (χ0) is 14.9. The lowest BCUT2D eigenvalue weighted by Crippen LogP contribution is -2.35. The third-order valence-corrected chi connectivity index (χ3v) is 5.12. The molecule has 2 aliphatic rings. The van der Waals surface area contributed by atoms with Gasteiger partial charge in [0.05, 0.1) is 6.10 Å². The minimum absolute atomic E-state index is 0.357. The predicted octanol–water partition coefficient (Wildman–Crippen LogP) is 3.82. The summed E-state index contributed by atoms with van der Waals surface area (Å²) >= 11 is 0. The zero-order valence-corrected chi connectivity index (χ0v) is 12.9. The Morgan fingerprint density at radius 1 is 1.05 bits per heavy atom. The first-order chi connectivity index (χ1) is 10.8. The highest BCUT2D eigenvalue weighted by atomic mass is 16.3. The van der Waals surface area contributed by atoms with Gasteiger partial charge in [0.1, 0.15) is 0 Å². The van der Waals surface area contributed by atoms with Crippen LogP contribution >= 0.6 is 0 Å². The molecule has 2 N–H and O–H groups in total. The summed E-state index contributed by atoms with van der Waals surface area (Å²) in [6.45, 7) is 1.09. The van der Waals surface area contributed by atoms with E-state index in [1.54, 1.807) is 0 Å². The molecule has 0 aromatic heterocycles. The first-order valence-electron chi connectivity index (χ1n) is 8.44. The summed E-state index contributed by atoms with van der Waals surface area (Å²) in [6.07, 6.45) is 5.20. The Morgan fingerprint density at radius 3 is 2.77 bits per heavy atom. The molecule has 0 bridgehead atoms. The van der Waals surface area contributed by atoms with Gasteiger partial charge in [-0.3, -0.25) is 0 Å². The molecular weight excluding hydrogens is 270 g/mol. The molecule has 0 radical (unpaired) electrons. The lowest BCUT2D eigenvalue weighted by Gasteiger charge is -2.26. The van der Waals surface area contributed by atoms with Crippen LogP contribution in [0, 0.1) is 0 Å².